The van der Waals surface area contributed by atoms with E-state index in [1.807, 2.05) is 23.1 Å². The number of carbonyl (C=O) groups excluding carboxylic acids is 1. The predicted molar refractivity (Wildman–Crippen MR) is 109 cm³/mol. The number of likely N-dealkylation sites (tertiary alicyclic amines) is 2. The molecule has 2 fully saturated rings. The summed E-state index contributed by atoms with van der Waals surface area (Å²) >= 11 is 0. The van der Waals surface area contributed by atoms with Gasteiger partial charge in [0.1, 0.15) is 0 Å². The van der Waals surface area contributed by atoms with Gasteiger partial charge in [-0.25, -0.2) is 0 Å². The van der Waals surface area contributed by atoms with Gasteiger partial charge in [0.15, 0.2) is 0 Å². The molecule has 142 valence electrons. The summed E-state index contributed by atoms with van der Waals surface area (Å²) < 4.78 is 0. The van der Waals surface area contributed by atoms with Gasteiger partial charge in [-0.05, 0) is 42.5 Å². The van der Waals surface area contributed by atoms with Crippen LogP contribution in [-0.4, -0.2) is 47.9 Å². The zero-order valence-corrected chi connectivity index (χ0v) is 15.9. The number of rotatable bonds is 4. The molecule has 27 heavy (non-hydrogen) atoms. The van der Waals surface area contributed by atoms with Crippen molar-refractivity contribution < 1.29 is 4.79 Å². The molecular weight excluding hydrogens is 334 g/mol. The summed E-state index contributed by atoms with van der Waals surface area (Å²) in [5.74, 6) is 0.557. The Bertz CT molecular complexity index is 770. The molecule has 0 spiro atoms. The number of hydrogen-bond donors (Lipinski definition) is 1. The average Bonchev–Trinajstić information content (AvgIpc) is 3.09. The number of nitrogens with two attached hydrogens (primary N) is 1. The topological polar surface area (TPSA) is 49.6 Å². The van der Waals surface area contributed by atoms with Crippen LogP contribution in [0.5, 0.6) is 0 Å². The first kappa shape index (κ1) is 18.2. The highest BCUT2D eigenvalue weighted by Gasteiger charge is 2.31. The summed E-state index contributed by atoms with van der Waals surface area (Å²) in [5, 5.41) is 0. The fraction of sp³-hybridized carbons (Fsp3) is 0.435. The summed E-state index contributed by atoms with van der Waals surface area (Å²) in [6, 6.07) is 18.9. The molecule has 2 heterocycles. The van der Waals surface area contributed by atoms with E-state index in [9.17, 15) is 4.79 Å². The minimum Gasteiger partial charge on any atom is -0.339 e. The van der Waals surface area contributed by atoms with Crippen molar-refractivity contribution in [2.45, 2.75) is 37.8 Å². The third kappa shape index (κ3) is 4.23. The zero-order chi connectivity index (χ0) is 18.6. The number of benzene rings is 2. The monoisotopic (exact) mass is 363 g/mol. The summed E-state index contributed by atoms with van der Waals surface area (Å²) in [6.07, 6.45) is 3.48. The first-order valence-electron chi connectivity index (χ1n) is 10.1. The van der Waals surface area contributed by atoms with Crippen LogP contribution in [0.15, 0.2) is 54.6 Å². The molecule has 2 aromatic rings. The second-order valence-electron chi connectivity index (χ2n) is 7.93. The summed E-state index contributed by atoms with van der Waals surface area (Å²) in [6.45, 7) is 4.49. The fourth-order valence-corrected chi connectivity index (χ4v) is 4.44. The van der Waals surface area contributed by atoms with E-state index in [0.29, 0.717) is 5.92 Å². The molecule has 2 atom stereocenters. The molecule has 4 nitrogen and oxygen atoms in total. The second kappa shape index (κ2) is 8.24. The zero-order valence-electron chi connectivity index (χ0n) is 15.9. The van der Waals surface area contributed by atoms with E-state index >= 15 is 0 Å². The van der Waals surface area contributed by atoms with Crippen molar-refractivity contribution in [2.75, 3.05) is 26.2 Å². The maximum absolute atomic E-state index is 12.8. The SMILES string of the molecule is N[C@@H]1CN(Cc2cccc(C(=O)N3CCCCC3)c2)C[C@H]1c1ccccc1. The van der Waals surface area contributed by atoms with E-state index in [-0.39, 0.29) is 11.9 Å². The van der Waals surface area contributed by atoms with Gasteiger partial charge in [-0.15, -0.1) is 0 Å². The van der Waals surface area contributed by atoms with E-state index in [1.54, 1.807) is 0 Å². The Hall–Kier alpha value is -2.17. The Balaban J connectivity index is 1.42. The Morgan fingerprint density at radius 3 is 2.52 bits per heavy atom. The molecule has 0 saturated carbocycles. The number of amides is 1. The summed E-state index contributed by atoms with van der Waals surface area (Å²) in [4.78, 5) is 17.2. The van der Waals surface area contributed by atoms with Crippen molar-refractivity contribution in [3.8, 4) is 0 Å². The smallest absolute Gasteiger partial charge is 0.253 e. The molecule has 0 aromatic heterocycles. The van der Waals surface area contributed by atoms with Gasteiger partial charge in [0.25, 0.3) is 5.91 Å². The van der Waals surface area contributed by atoms with Crippen LogP contribution in [-0.2, 0) is 6.54 Å². The van der Waals surface area contributed by atoms with Crippen molar-refractivity contribution in [2.24, 2.45) is 5.73 Å². The molecule has 0 bridgehead atoms. The Morgan fingerprint density at radius 1 is 0.963 bits per heavy atom. The van der Waals surface area contributed by atoms with E-state index < -0.39 is 0 Å². The molecule has 2 aromatic carbocycles. The van der Waals surface area contributed by atoms with Crippen LogP contribution in [0.2, 0.25) is 0 Å². The van der Waals surface area contributed by atoms with Gasteiger partial charge in [0.2, 0.25) is 0 Å². The second-order valence-corrected chi connectivity index (χ2v) is 7.93. The van der Waals surface area contributed by atoms with Crippen molar-refractivity contribution in [3.05, 3.63) is 71.3 Å². The standard InChI is InChI=1S/C23H29N3O/c24-22-17-25(16-21(22)19-9-3-1-4-10-19)15-18-8-7-11-20(14-18)23(27)26-12-5-2-6-13-26/h1,3-4,7-11,14,21-22H,2,5-6,12-13,15-17,24H2/t21-,22+/m0/s1. The highest BCUT2D eigenvalue weighted by molar-refractivity contribution is 5.94. The first-order valence-corrected chi connectivity index (χ1v) is 10.1. The average molecular weight is 364 g/mol. The van der Waals surface area contributed by atoms with Crippen LogP contribution in [0.3, 0.4) is 0 Å². The summed E-state index contributed by atoms with van der Waals surface area (Å²) in [5.41, 5.74) is 9.76. The lowest BCUT2D eigenvalue weighted by atomic mass is 9.95. The number of piperidine rings is 1. The minimum absolute atomic E-state index is 0.158. The van der Waals surface area contributed by atoms with Crippen LogP contribution in [0.25, 0.3) is 0 Å². The lowest BCUT2D eigenvalue weighted by molar-refractivity contribution is 0.0724. The van der Waals surface area contributed by atoms with Gasteiger partial charge in [0.05, 0.1) is 0 Å². The normalized spacial score (nSPS) is 23.5. The minimum atomic E-state index is 0.158. The molecule has 0 aliphatic carbocycles. The van der Waals surface area contributed by atoms with Crippen molar-refractivity contribution in [1.29, 1.82) is 0 Å². The quantitative estimate of drug-likeness (QED) is 0.907. The molecule has 4 rings (SSSR count). The highest BCUT2D eigenvalue weighted by Crippen LogP contribution is 2.27. The Morgan fingerprint density at radius 2 is 1.74 bits per heavy atom. The molecule has 4 heteroatoms. The molecule has 1 amide bonds. The van der Waals surface area contributed by atoms with Crippen molar-refractivity contribution in [1.82, 2.24) is 9.80 Å². The van der Waals surface area contributed by atoms with E-state index in [0.717, 1.165) is 51.1 Å². The van der Waals surface area contributed by atoms with E-state index in [2.05, 4.69) is 41.3 Å². The van der Waals surface area contributed by atoms with Gasteiger partial charge in [-0.1, -0.05) is 42.5 Å². The lowest BCUT2D eigenvalue weighted by Gasteiger charge is -2.27. The third-order valence-corrected chi connectivity index (χ3v) is 5.89. The van der Waals surface area contributed by atoms with Crippen LogP contribution < -0.4 is 5.73 Å². The Kier molecular flexibility index (Phi) is 5.55. The molecule has 2 aliphatic rings. The van der Waals surface area contributed by atoms with Crippen LogP contribution in [0, 0.1) is 0 Å². The van der Waals surface area contributed by atoms with E-state index in [4.69, 9.17) is 5.73 Å². The van der Waals surface area contributed by atoms with Gasteiger partial charge >= 0.3 is 0 Å². The Labute approximate surface area is 162 Å². The predicted octanol–water partition coefficient (Wildman–Crippen LogP) is 3.24. The van der Waals surface area contributed by atoms with Gasteiger partial charge in [-0.3, -0.25) is 9.69 Å². The van der Waals surface area contributed by atoms with Crippen LogP contribution >= 0.6 is 0 Å². The number of hydrogen-bond acceptors (Lipinski definition) is 3. The van der Waals surface area contributed by atoms with Crippen molar-refractivity contribution >= 4 is 5.91 Å². The van der Waals surface area contributed by atoms with Crippen LogP contribution in [0.1, 0.15) is 46.7 Å². The highest BCUT2D eigenvalue weighted by atomic mass is 16.2. The molecule has 2 N–H and O–H groups in total. The lowest BCUT2D eigenvalue weighted by Crippen LogP contribution is -2.35. The number of carbonyl (C=O) groups is 1. The van der Waals surface area contributed by atoms with Gasteiger partial charge in [-0.2, -0.15) is 0 Å². The first-order chi connectivity index (χ1) is 13.2. The molecule has 2 aliphatic heterocycles. The maximum atomic E-state index is 12.8. The fourth-order valence-electron chi connectivity index (χ4n) is 4.44. The van der Waals surface area contributed by atoms with Crippen molar-refractivity contribution in [3.63, 3.8) is 0 Å². The number of nitrogens with zero attached hydrogens (tertiary/aromatic N) is 2. The molecule has 0 radical (unpaired) electrons. The molecule has 0 unspecified atom stereocenters. The van der Waals surface area contributed by atoms with E-state index in [1.165, 1.54) is 17.5 Å². The van der Waals surface area contributed by atoms with Gasteiger partial charge < -0.3 is 10.6 Å². The third-order valence-electron chi connectivity index (χ3n) is 5.89. The maximum Gasteiger partial charge on any atom is 0.253 e. The van der Waals surface area contributed by atoms with Crippen LogP contribution in [0.4, 0.5) is 0 Å². The summed E-state index contributed by atoms with van der Waals surface area (Å²) in [7, 11) is 0. The largest absolute Gasteiger partial charge is 0.339 e. The van der Waals surface area contributed by atoms with Gasteiger partial charge in [0, 0.05) is 50.2 Å². The molecular formula is C23H29N3O. The molecule has 2 saturated heterocycles.